The molecular formula is C11H10ClNO6. The van der Waals surface area contributed by atoms with Gasteiger partial charge in [0.2, 0.25) is 0 Å². The molecule has 0 saturated heterocycles. The normalized spacial score (nSPS) is 11.6. The summed E-state index contributed by atoms with van der Waals surface area (Å²) < 4.78 is 0. The van der Waals surface area contributed by atoms with Gasteiger partial charge in [0.15, 0.2) is 0 Å². The van der Waals surface area contributed by atoms with Crippen molar-refractivity contribution < 1.29 is 29.7 Å². The summed E-state index contributed by atoms with van der Waals surface area (Å²) in [5.41, 5.74) is -0.140. The molecule has 0 heterocycles. The molecule has 0 radical (unpaired) electrons. The van der Waals surface area contributed by atoms with Crippen LogP contribution >= 0.6 is 11.6 Å². The molecule has 1 amide bonds. The van der Waals surface area contributed by atoms with E-state index >= 15 is 0 Å². The summed E-state index contributed by atoms with van der Waals surface area (Å²) in [6, 6.07) is 1.99. The Morgan fingerprint density at radius 1 is 1.26 bits per heavy atom. The van der Waals surface area contributed by atoms with Gasteiger partial charge in [-0.1, -0.05) is 11.6 Å². The quantitative estimate of drug-likeness (QED) is 0.632. The number of carbonyl (C=O) groups excluding carboxylic acids is 1. The highest BCUT2D eigenvalue weighted by atomic mass is 35.5. The van der Waals surface area contributed by atoms with Gasteiger partial charge in [-0.15, -0.1) is 0 Å². The van der Waals surface area contributed by atoms with Crippen molar-refractivity contribution in [2.24, 2.45) is 0 Å². The molecule has 1 aromatic carbocycles. The van der Waals surface area contributed by atoms with Gasteiger partial charge in [0.1, 0.15) is 11.8 Å². The van der Waals surface area contributed by atoms with Crippen molar-refractivity contribution in [3.8, 4) is 5.75 Å². The minimum absolute atomic E-state index is 0.00904. The van der Waals surface area contributed by atoms with Crippen LogP contribution in [0.2, 0.25) is 5.02 Å². The molecule has 102 valence electrons. The van der Waals surface area contributed by atoms with Crippen LogP contribution in [0.15, 0.2) is 18.2 Å². The van der Waals surface area contributed by atoms with Gasteiger partial charge in [0.05, 0.1) is 17.0 Å². The summed E-state index contributed by atoms with van der Waals surface area (Å²) >= 11 is 5.72. The fraction of sp³-hybridized carbons (Fsp3) is 0.182. The van der Waals surface area contributed by atoms with Crippen molar-refractivity contribution in [2.45, 2.75) is 12.5 Å². The van der Waals surface area contributed by atoms with E-state index in [9.17, 15) is 19.5 Å². The number of hydrogen-bond donors (Lipinski definition) is 4. The van der Waals surface area contributed by atoms with Gasteiger partial charge in [-0.05, 0) is 18.2 Å². The van der Waals surface area contributed by atoms with Crippen LogP contribution in [0.25, 0.3) is 0 Å². The Kier molecular flexibility index (Phi) is 4.71. The molecule has 0 aliphatic rings. The summed E-state index contributed by atoms with van der Waals surface area (Å²) in [5, 5.41) is 28.6. The van der Waals surface area contributed by atoms with E-state index in [0.29, 0.717) is 0 Å². The lowest BCUT2D eigenvalue weighted by molar-refractivity contribution is -0.145. The lowest BCUT2D eigenvalue weighted by atomic mass is 10.1. The molecule has 1 aromatic rings. The highest BCUT2D eigenvalue weighted by molar-refractivity contribution is 6.34. The molecule has 0 saturated carbocycles. The molecule has 4 N–H and O–H groups in total. The Morgan fingerprint density at radius 2 is 1.89 bits per heavy atom. The minimum Gasteiger partial charge on any atom is -0.508 e. The number of amides is 1. The number of rotatable bonds is 5. The number of phenolic OH excluding ortho intramolecular Hbond substituents is 1. The smallest absolute Gasteiger partial charge is 0.326 e. The highest BCUT2D eigenvalue weighted by Gasteiger charge is 2.24. The molecule has 7 nitrogen and oxygen atoms in total. The number of nitrogens with one attached hydrogen (secondary N) is 1. The number of aromatic hydroxyl groups is 1. The third kappa shape index (κ3) is 4.14. The highest BCUT2D eigenvalue weighted by Crippen LogP contribution is 2.21. The Hall–Kier alpha value is -2.28. The van der Waals surface area contributed by atoms with Gasteiger partial charge in [0, 0.05) is 0 Å². The first kappa shape index (κ1) is 14.8. The molecule has 0 unspecified atom stereocenters. The maximum Gasteiger partial charge on any atom is 0.326 e. The van der Waals surface area contributed by atoms with Crippen LogP contribution < -0.4 is 5.32 Å². The Bertz CT molecular complexity index is 530. The molecule has 0 bridgehead atoms. The van der Waals surface area contributed by atoms with Crippen LogP contribution in [0.1, 0.15) is 16.8 Å². The maximum atomic E-state index is 11.8. The third-order valence-electron chi connectivity index (χ3n) is 2.18. The van der Waals surface area contributed by atoms with Gasteiger partial charge >= 0.3 is 11.9 Å². The van der Waals surface area contributed by atoms with E-state index in [1.807, 2.05) is 5.32 Å². The van der Waals surface area contributed by atoms with Crippen LogP contribution in [-0.2, 0) is 9.59 Å². The van der Waals surface area contributed by atoms with Crippen LogP contribution in [0, 0.1) is 0 Å². The monoisotopic (exact) mass is 287 g/mol. The molecule has 8 heteroatoms. The topological polar surface area (TPSA) is 124 Å². The fourth-order valence-corrected chi connectivity index (χ4v) is 1.50. The van der Waals surface area contributed by atoms with E-state index in [1.165, 1.54) is 12.1 Å². The molecule has 0 spiro atoms. The maximum absolute atomic E-state index is 11.8. The van der Waals surface area contributed by atoms with Crippen LogP contribution in [0.3, 0.4) is 0 Å². The number of aliphatic carboxylic acids is 2. The van der Waals surface area contributed by atoms with Crippen LogP contribution in [-0.4, -0.2) is 39.2 Å². The van der Waals surface area contributed by atoms with E-state index in [0.717, 1.165) is 6.07 Å². The molecule has 0 aliphatic heterocycles. The molecular weight excluding hydrogens is 278 g/mol. The average molecular weight is 288 g/mol. The van der Waals surface area contributed by atoms with Crippen molar-refractivity contribution in [3.05, 3.63) is 28.8 Å². The molecule has 0 aromatic heterocycles. The zero-order valence-electron chi connectivity index (χ0n) is 9.46. The van der Waals surface area contributed by atoms with Gasteiger partial charge in [-0.25, -0.2) is 4.79 Å². The van der Waals surface area contributed by atoms with E-state index in [1.54, 1.807) is 0 Å². The number of halogens is 1. The van der Waals surface area contributed by atoms with Crippen LogP contribution in [0.5, 0.6) is 5.75 Å². The lowest BCUT2D eigenvalue weighted by Gasteiger charge is -2.13. The average Bonchev–Trinajstić information content (AvgIpc) is 2.30. The first-order chi connectivity index (χ1) is 8.81. The van der Waals surface area contributed by atoms with E-state index < -0.39 is 30.3 Å². The first-order valence-electron chi connectivity index (χ1n) is 5.05. The number of phenols is 1. The molecule has 0 aliphatic carbocycles. The summed E-state index contributed by atoms with van der Waals surface area (Å²) in [5.74, 6) is -3.95. The number of benzene rings is 1. The second-order valence-electron chi connectivity index (χ2n) is 3.63. The Labute approximate surface area is 112 Å². The summed E-state index contributed by atoms with van der Waals surface area (Å²) in [7, 11) is 0. The van der Waals surface area contributed by atoms with Crippen molar-refractivity contribution in [1.29, 1.82) is 0 Å². The van der Waals surface area contributed by atoms with Crippen molar-refractivity contribution in [2.75, 3.05) is 0 Å². The Morgan fingerprint density at radius 3 is 2.42 bits per heavy atom. The van der Waals surface area contributed by atoms with Gasteiger partial charge < -0.3 is 20.6 Å². The zero-order valence-corrected chi connectivity index (χ0v) is 10.2. The van der Waals surface area contributed by atoms with Gasteiger partial charge in [0.25, 0.3) is 5.91 Å². The van der Waals surface area contributed by atoms with E-state index in [-0.39, 0.29) is 16.3 Å². The van der Waals surface area contributed by atoms with E-state index in [4.69, 9.17) is 21.8 Å². The molecule has 1 atom stereocenters. The molecule has 1 rings (SSSR count). The molecule has 19 heavy (non-hydrogen) atoms. The third-order valence-corrected chi connectivity index (χ3v) is 2.51. The number of carbonyl (C=O) groups is 3. The van der Waals surface area contributed by atoms with E-state index in [2.05, 4.69) is 0 Å². The first-order valence-corrected chi connectivity index (χ1v) is 5.43. The summed E-state index contributed by atoms with van der Waals surface area (Å²) in [6.45, 7) is 0. The molecule has 0 fully saturated rings. The SMILES string of the molecule is O=C(O)C[C@@H](NC(=O)c1cc(O)ccc1Cl)C(=O)O. The van der Waals surface area contributed by atoms with Crippen molar-refractivity contribution >= 4 is 29.4 Å². The van der Waals surface area contributed by atoms with Crippen molar-refractivity contribution in [3.63, 3.8) is 0 Å². The summed E-state index contributed by atoms with van der Waals surface area (Å²) in [6.07, 6.45) is -0.766. The predicted octanol–water partition coefficient (Wildman–Crippen LogP) is 0.703. The van der Waals surface area contributed by atoms with Crippen molar-refractivity contribution in [1.82, 2.24) is 5.32 Å². The van der Waals surface area contributed by atoms with Gasteiger partial charge in [-0.3, -0.25) is 9.59 Å². The number of carboxylic acids is 2. The largest absolute Gasteiger partial charge is 0.508 e. The second kappa shape index (κ2) is 6.05. The van der Waals surface area contributed by atoms with Gasteiger partial charge in [-0.2, -0.15) is 0 Å². The number of hydrogen-bond acceptors (Lipinski definition) is 4. The standard InChI is InChI=1S/C11H10ClNO6/c12-7-2-1-5(14)3-6(7)10(17)13-8(11(18)19)4-9(15)16/h1-3,8,14H,4H2,(H,13,17)(H,15,16)(H,18,19)/t8-/m1/s1. The number of carboxylic acid groups (broad SMARTS) is 2. The Balaban J connectivity index is 2.90. The van der Waals surface area contributed by atoms with Crippen LogP contribution in [0.4, 0.5) is 0 Å². The lowest BCUT2D eigenvalue weighted by Crippen LogP contribution is -2.42. The predicted molar refractivity (Wildman–Crippen MR) is 64.3 cm³/mol. The fourth-order valence-electron chi connectivity index (χ4n) is 1.30. The minimum atomic E-state index is -1.58. The second-order valence-corrected chi connectivity index (χ2v) is 4.03. The zero-order chi connectivity index (χ0) is 14.6. The summed E-state index contributed by atoms with van der Waals surface area (Å²) in [4.78, 5) is 33.0.